The Labute approximate surface area is 196 Å². The molecule has 2 aliphatic heterocycles. The van der Waals surface area contributed by atoms with E-state index in [2.05, 4.69) is 4.90 Å². The van der Waals surface area contributed by atoms with Crippen LogP contribution < -0.4 is 5.73 Å². The zero-order valence-corrected chi connectivity index (χ0v) is 20.2. The summed E-state index contributed by atoms with van der Waals surface area (Å²) in [6.45, 7) is 9.01. The van der Waals surface area contributed by atoms with E-state index in [1.165, 1.54) is 4.90 Å². The largest absolute Gasteiger partial charge is 0.465 e. The number of ether oxygens (including phenoxy) is 1. The fourth-order valence-corrected chi connectivity index (χ4v) is 5.76. The molecule has 1 aromatic rings. The van der Waals surface area contributed by atoms with Gasteiger partial charge in [0.25, 0.3) is 0 Å². The molecule has 0 bridgehead atoms. The normalized spacial score (nSPS) is 28.5. The van der Waals surface area contributed by atoms with Gasteiger partial charge in [-0.3, -0.25) is 14.5 Å². The number of hydrogen-bond donors (Lipinski definition) is 2. The van der Waals surface area contributed by atoms with E-state index in [9.17, 15) is 19.5 Å². The van der Waals surface area contributed by atoms with Crippen LogP contribution in [0.2, 0.25) is 0 Å². The SMILES string of the molecule is CC(C)(C)OC(=O)C[C@@]1(C(N)=O)CN(Cc2ccccc2)C[C@@]1(C)C1CCCCN1C(=O)O. The fraction of sp³-hybridized carbons (Fsp3) is 0.640. The lowest BCUT2D eigenvalue weighted by molar-refractivity contribution is -0.164. The molecule has 0 aliphatic carbocycles. The number of piperidine rings is 1. The van der Waals surface area contributed by atoms with Crippen molar-refractivity contribution in [1.82, 2.24) is 9.80 Å². The first kappa shape index (κ1) is 25.0. The van der Waals surface area contributed by atoms with Gasteiger partial charge in [-0.1, -0.05) is 37.3 Å². The van der Waals surface area contributed by atoms with Crippen LogP contribution in [0.4, 0.5) is 4.79 Å². The lowest BCUT2D eigenvalue weighted by Gasteiger charge is -2.50. The van der Waals surface area contributed by atoms with Gasteiger partial charge in [0.2, 0.25) is 5.91 Å². The molecule has 3 atom stereocenters. The second kappa shape index (κ2) is 9.33. The minimum absolute atomic E-state index is 0.175. The Morgan fingerprint density at radius 2 is 1.82 bits per heavy atom. The lowest BCUT2D eigenvalue weighted by Crippen LogP contribution is -2.61. The van der Waals surface area contributed by atoms with Crippen molar-refractivity contribution in [3.05, 3.63) is 35.9 Å². The van der Waals surface area contributed by atoms with Crippen molar-refractivity contribution in [3.8, 4) is 0 Å². The smallest absolute Gasteiger partial charge is 0.407 e. The Bertz CT molecular complexity index is 884. The highest BCUT2D eigenvalue weighted by molar-refractivity contribution is 5.88. The number of hydrogen-bond acceptors (Lipinski definition) is 5. The van der Waals surface area contributed by atoms with Gasteiger partial charge >= 0.3 is 12.1 Å². The van der Waals surface area contributed by atoms with Crippen molar-refractivity contribution in [2.75, 3.05) is 19.6 Å². The Morgan fingerprint density at radius 1 is 1.15 bits per heavy atom. The maximum Gasteiger partial charge on any atom is 0.407 e. The number of carbonyl (C=O) groups excluding carboxylic acids is 2. The molecule has 1 unspecified atom stereocenters. The van der Waals surface area contributed by atoms with Gasteiger partial charge in [-0.25, -0.2) is 4.79 Å². The van der Waals surface area contributed by atoms with Crippen LogP contribution in [0.15, 0.2) is 30.3 Å². The van der Waals surface area contributed by atoms with E-state index in [1.54, 1.807) is 20.8 Å². The number of carbonyl (C=O) groups is 3. The van der Waals surface area contributed by atoms with E-state index in [-0.39, 0.29) is 13.0 Å². The van der Waals surface area contributed by atoms with Crippen LogP contribution in [0, 0.1) is 10.8 Å². The van der Waals surface area contributed by atoms with Gasteiger partial charge in [-0.05, 0) is 45.6 Å². The Balaban J connectivity index is 2.03. The highest BCUT2D eigenvalue weighted by atomic mass is 16.6. The van der Waals surface area contributed by atoms with Crippen molar-refractivity contribution >= 4 is 18.0 Å². The summed E-state index contributed by atoms with van der Waals surface area (Å²) < 4.78 is 5.59. The quantitative estimate of drug-likeness (QED) is 0.632. The van der Waals surface area contributed by atoms with E-state index in [0.717, 1.165) is 18.4 Å². The predicted octanol–water partition coefficient (Wildman–Crippen LogP) is 3.24. The van der Waals surface area contributed by atoms with Crippen molar-refractivity contribution in [3.63, 3.8) is 0 Å². The molecule has 2 heterocycles. The van der Waals surface area contributed by atoms with Crippen molar-refractivity contribution < 1.29 is 24.2 Å². The third-order valence-corrected chi connectivity index (χ3v) is 7.21. The number of nitrogens with zero attached hydrogens (tertiary/aromatic N) is 2. The van der Waals surface area contributed by atoms with Crippen LogP contribution in [-0.4, -0.2) is 64.2 Å². The molecular weight excluding hydrogens is 422 g/mol. The first-order valence-corrected chi connectivity index (χ1v) is 11.7. The predicted molar refractivity (Wildman–Crippen MR) is 124 cm³/mol. The van der Waals surface area contributed by atoms with Crippen LogP contribution in [0.5, 0.6) is 0 Å². The second-order valence-corrected chi connectivity index (χ2v) is 10.7. The molecule has 0 aromatic heterocycles. The monoisotopic (exact) mass is 459 g/mol. The van der Waals surface area contributed by atoms with Gasteiger partial charge in [-0.15, -0.1) is 0 Å². The summed E-state index contributed by atoms with van der Waals surface area (Å²) >= 11 is 0. The molecule has 1 aromatic carbocycles. The average Bonchev–Trinajstić information content (AvgIpc) is 3.00. The van der Waals surface area contributed by atoms with E-state index < -0.39 is 40.4 Å². The van der Waals surface area contributed by atoms with Gasteiger partial charge in [0.05, 0.1) is 11.8 Å². The van der Waals surface area contributed by atoms with Crippen molar-refractivity contribution in [1.29, 1.82) is 0 Å². The average molecular weight is 460 g/mol. The van der Waals surface area contributed by atoms with Crippen LogP contribution in [0.3, 0.4) is 0 Å². The maximum atomic E-state index is 13.2. The topological polar surface area (TPSA) is 113 Å². The highest BCUT2D eigenvalue weighted by Gasteiger charge is 2.64. The molecule has 2 fully saturated rings. The fourth-order valence-electron chi connectivity index (χ4n) is 5.76. The number of primary amides is 1. The standard InChI is InChI=1S/C25H37N3O5/c1-23(2,3)33-20(29)14-25(21(26)30)17-27(15-18-10-6-5-7-11-18)16-24(25,4)19-12-8-9-13-28(19)22(31)32/h5-7,10-11,19H,8-9,12-17H2,1-4H3,(H2,26,30)(H,31,32)/t19?,24-,25-/m0/s1. The number of benzene rings is 1. The Hall–Kier alpha value is -2.61. The van der Waals surface area contributed by atoms with Crippen molar-refractivity contribution in [2.45, 2.75) is 71.6 Å². The summed E-state index contributed by atoms with van der Waals surface area (Å²) in [6, 6.07) is 9.47. The van der Waals surface area contributed by atoms with E-state index in [0.29, 0.717) is 26.1 Å². The minimum atomic E-state index is -1.25. The number of likely N-dealkylation sites (tertiary alicyclic amines) is 2. The van der Waals surface area contributed by atoms with Crippen LogP contribution in [-0.2, 0) is 20.9 Å². The molecule has 2 aliphatic rings. The lowest BCUT2D eigenvalue weighted by atomic mass is 9.59. The molecule has 0 spiro atoms. The summed E-state index contributed by atoms with van der Waals surface area (Å²) in [4.78, 5) is 41.9. The maximum absolute atomic E-state index is 13.2. The second-order valence-electron chi connectivity index (χ2n) is 10.7. The molecule has 33 heavy (non-hydrogen) atoms. The van der Waals surface area contributed by atoms with Crippen LogP contribution >= 0.6 is 0 Å². The number of carboxylic acid groups (broad SMARTS) is 1. The molecule has 2 saturated heterocycles. The molecule has 3 rings (SSSR count). The highest BCUT2D eigenvalue weighted by Crippen LogP contribution is 2.54. The first-order chi connectivity index (χ1) is 15.4. The van der Waals surface area contributed by atoms with E-state index in [1.807, 2.05) is 37.3 Å². The molecule has 0 saturated carbocycles. The summed E-state index contributed by atoms with van der Waals surface area (Å²) in [5.41, 5.74) is 4.35. The van der Waals surface area contributed by atoms with Gasteiger partial charge in [-0.2, -0.15) is 0 Å². The summed E-state index contributed by atoms with van der Waals surface area (Å²) in [6.07, 6.45) is 1.10. The van der Waals surface area contributed by atoms with Crippen LogP contribution in [0.25, 0.3) is 0 Å². The van der Waals surface area contributed by atoms with Gasteiger partial charge < -0.3 is 20.5 Å². The Kier molecular flexibility index (Phi) is 7.07. The van der Waals surface area contributed by atoms with Crippen LogP contribution in [0.1, 0.15) is 58.9 Å². The number of amides is 2. The molecular formula is C25H37N3O5. The molecule has 3 N–H and O–H groups in total. The molecule has 8 heteroatoms. The number of nitrogens with two attached hydrogens (primary N) is 1. The third-order valence-electron chi connectivity index (χ3n) is 7.21. The number of rotatable bonds is 6. The molecule has 2 amide bonds. The third kappa shape index (κ3) is 5.16. The zero-order valence-electron chi connectivity index (χ0n) is 20.2. The zero-order chi connectivity index (χ0) is 24.4. The molecule has 0 radical (unpaired) electrons. The van der Waals surface area contributed by atoms with E-state index >= 15 is 0 Å². The Morgan fingerprint density at radius 3 is 2.39 bits per heavy atom. The summed E-state index contributed by atoms with van der Waals surface area (Å²) in [5, 5.41) is 9.93. The van der Waals surface area contributed by atoms with Crippen molar-refractivity contribution in [2.24, 2.45) is 16.6 Å². The summed E-state index contributed by atoms with van der Waals surface area (Å²) in [5.74, 6) is -1.07. The first-order valence-electron chi connectivity index (χ1n) is 11.7. The number of esters is 1. The molecule has 8 nitrogen and oxygen atoms in total. The van der Waals surface area contributed by atoms with Gasteiger partial charge in [0, 0.05) is 37.6 Å². The van der Waals surface area contributed by atoms with Gasteiger partial charge in [0.15, 0.2) is 0 Å². The summed E-state index contributed by atoms with van der Waals surface area (Å²) in [7, 11) is 0. The van der Waals surface area contributed by atoms with Gasteiger partial charge in [0.1, 0.15) is 5.60 Å². The molecule has 182 valence electrons. The minimum Gasteiger partial charge on any atom is -0.465 e. The van der Waals surface area contributed by atoms with E-state index in [4.69, 9.17) is 10.5 Å².